The van der Waals surface area contributed by atoms with E-state index in [1.54, 1.807) is 6.07 Å². The zero-order valence-corrected chi connectivity index (χ0v) is 11.5. The lowest BCUT2D eigenvalue weighted by molar-refractivity contribution is 0.453. The van der Waals surface area contributed by atoms with E-state index in [9.17, 15) is 9.50 Å². The number of anilines is 1. The van der Waals surface area contributed by atoms with E-state index < -0.39 is 5.82 Å². The number of aryl methyl sites for hydroxylation is 1. The molecule has 0 fully saturated rings. The van der Waals surface area contributed by atoms with Crippen LogP contribution < -0.4 is 4.90 Å². The SMILES string of the molecule is CC(c1ccc(F)cc1O)N1CCCc2ccccc21. The Morgan fingerprint density at radius 2 is 2.00 bits per heavy atom. The van der Waals surface area contributed by atoms with Crippen molar-refractivity contribution in [2.45, 2.75) is 25.8 Å². The van der Waals surface area contributed by atoms with Gasteiger partial charge in [0.1, 0.15) is 11.6 Å². The predicted molar refractivity (Wildman–Crippen MR) is 78.6 cm³/mol. The summed E-state index contributed by atoms with van der Waals surface area (Å²) in [7, 11) is 0. The number of phenols is 1. The van der Waals surface area contributed by atoms with Crippen molar-refractivity contribution < 1.29 is 9.50 Å². The Bertz CT molecular complexity index is 626. The highest BCUT2D eigenvalue weighted by Gasteiger charge is 2.23. The molecule has 3 rings (SSSR count). The number of halogens is 1. The Morgan fingerprint density at radius 1 is 1.20 bits per heavy atom. The van der Waals surface area contributed by atoms with E-state index in [1.165, 1.54) is 23.4 Å². The molecule has 0 aromatic heterocycles. The normalized spacial score (nSPS) is 15.8. The molecular weight excluding hydrogens is 253 g/mol. The third kappa shape index (κ3) is 2.24. The third-order valence-corrected chi connectivity index (χ3v) is 4.06. The minimum absolute atomic E-state index is 0.0250. The minimum atomic E-state index is -0.405. The van der Waals surface area contributed by atoms with Gasteiger partial charge >= 0.3 is 0 Å². The number of hydrogen-bond donors (Lipinski definition) is 1. The van der Waals surface area contributed by atoms with Gasteiger partial charge in [0.15, 0.2) is 0 Å². The van der Waals surface area contributed by atoms with E-state index >= 15 is 0 Å². The maximum absolute atomic E-state index is 13.1. The maximum Gasteiger partial charge on any atom is 0.126 e. The van der Waals surface area contributed by atoms with Crippen molar-refractivity contribution in [2.24, 2.45) is 0 Å². The molecular formula is C17H18FNO. The lowest BCUT2D eigenvalue weighted by Gasteiger charge is -2.36. The fourth-order valence-electron chi connectivity index (χ4n) is 3.00. The van der Waals surface area contributed by atoms with Crippen LogP contribution in [0.2, 0.25) is 0 Å². The van der Waals surface area contributed by atoms with Crippen molar-refractivity contribution in [3.05, 3.63) is 59.4 Å². The van der Waals surface area contributed by atoms with Crippen molar-refractivity contribution in [2.75, 3.05) is 11.4 Å². The van der Waals surface area contributed by atoms with Gasteiger partial charge in [-0.05, 0) is 37.5 Å². The predicted octanol–water partition coefficient (Wildman–Crippen LogP) is 4.05. The summed E-state index contributed by atoms with van der Waals surface area (Å²) in [4.78, 5) is 2.28. The van der Waals surface area contributed by atoms with E-state index in [-0.39, 0.29) is 11.8 Å². The third-order valence-electron chi connectivity index (χ3n) is 4.06. The van der Waals surface area contributed by atoms with Crippen LogP contribution in [0.1, 0.15) is 30.5 Å². The first-order valence-corrected chi connectivity index (χ1v) is 7.00. The van der Waals surface area contributed by atoms with Crippen molar-refractivity contribution in [3.63, 3.8) is 0 Å². The Kier molecular flexibility index (Phi) is 3.35. The van der Waals surface area contributed by atoms with Crippen molar-refractivity contribution >= 4 is 5.69 Å². The highest BCUT2D eigenvalue weighted by Crippen LogP contribution is 2.36. The zero-order valence-electron chi connectivity index (χ0n) is 11.5. The second-order valence-electron chi connectivity index (χ2n) is 5.30. The summed E-state index contributed by atoms with van der Waals surface area (Å²) in [6.07, 6.45) is 2.19. The molecule has 2 aromatic rings. The van der Waals surface area contributed by atoms with Gasteiger partial charge in [0.2, 0.25) is 0 Å². The molecule has 20 heavy (non-hydrogen) atoms. The lowest BCUT2D eigenvalue weighted by Crippen LogP contribution is -2.32. The number of phenolic OH excluding ortho intramolecular Hbond substituents is 1. The summed E-state index contributed by atoms with van der Waals surface area (Å²) in [5.74, 6) is -0.377. The van der Waals surface area contributed by atoms with E-state index in [0.29, 0.717) is 0 Å². The molecule has 0 bridgehead atoms. The largest absolute Gasteiger partial charge is 0.507 e. The molecule has 0 spiro atoms. The van der Waals surface area contributed by atoms with E-state index in [1.807, 2.05) is 6.07 Å². The number of rotatable bonds is 2. The maximum atomic E-state index is 13.1. The first-order valence-electron chi connectivity index (χ1n) is 7.00. The average molecular weight is 271 g/mol. The summed E-state index contributed by atoms with van der Waals surface area (Å²) in [6, 6.07) is 12.6. The van der Waals surface area contributed by atoms with Crippen LogP contribution in [-0.2, 0) is 6.42 Å². The molecule has 1 aliphatic rings. The molecule has 1 N–H and O–H groups in total. The summed E-state index contributed by atoms with van der Waals surface area (Å²) >= 11 is 0. The lowest BCUT2D eigenvalue weighted by atomic mass is 9.97. The topological polar surface area (TPSA) is 23.5 Å². The Hall–Kier alpha value is -2.03. The molecule has 0 saturated carbocycles. The van der Waals surface area contributed by atoms with Crippen molar-refractivity contribution in [1.29, 1.82) is 0 Å². The van der Waals surface area contributed by atoms with E-state index in [4.69, 9.17) is 0 Å². The van der Waals surface area contributed by atoms with Gasteiger partial charge in [-0.25, -0.2) is 4.39 Å². The van der Waals surface area contributed by atoms with Crippen LogP contribution in [-0.4, -0.2) is 11.7 Å². The number of fused-ring (bicyclic) bond motifs is 1. The molecule has 2 aromatic carbocycles. The first-order chi connectivity index (χ1) is 9.66. The summed E-state index contributed by atoms with van der Waals surface area (Å²) < 4.78 is 13.1. The molecule has 104 valence electrons. The molecule has 0 saturated heterocycles. The smallest absolute Gasteiger partial charge is 0.126 e. The summed E-state index contributed by atoms with van der Waals surface area (Å²) in [6.45, 7) is 3.00. The molecule has 3 heteroatoms. The number of nitrogens with zero attached hydrogens (tertiary/aromatic N) is 1. The average Bonchev–Trinajstić information content (AvgIpc) is 2.46. The molecule has 1 aliphatic heterocycles. The van der Waals surface area contributed by atoms with Crippen LogP contribution in [0.25, 0.3) is 0 Å². The van der Waals surface area contributed by atoms with Crippen LogP contribution >= 0.6 is 0 Å². The Morgan fingerprint density at radius 3 is 2.80 bits per heavy atom. The monoisotopic (exact) mass is 271 g/mol. The molecule has 2 nitrogen and oxygen atoms in total. The minimum Gasteiger partial charge on any atom is -0.507 e. The van der Waals surface area contributed by atoms with Gasteiger partial charge < -0.3 is 10.0 Å². The van der Waals surface area contributed by atoms with Crippen LogP contribution in [0.4, 0.5) is 10.1 Å². The van der Waals surface area contributed by atoms with Gasteiger partial charge in [-0.1, -0.05) is 24.3 Å². The Balaban J connectivity index is 1.97. The van der Waals surface area contributed by atoms with Crippen molar-refractivity contribution in [3.8, 4) is 5.75 Å². The molecule has 0 amide bonds. The number of benzene rings is 2. The Labute approximate surface area is 118 Å². The molecule has 0 radical (unpaired) electrons. The van der Waals surface area contributed by atoms with E-state index in [0.717, 1.165) is 24.9 Å². The fraction of sp³-hybridized carbons (Fsp3) is 0.294. The second kappa shape index (κ2) is 5.16. The van der Waals surface area contributed by atoms with Crippen LogP contribution in [0.3, 0.4) is 0 Å². The summed E-state index contributed by atoms with van der Waals surface area (Å²) in [5, 5.41) is 9.97. The highest BCUT2D eigenvalue weighted by atomic mass is 19.1. The molecule has 1 unspecified atom stereocenters. The molecule has 0 aliphatic carbocycles. The quantitative estimate of drug-likeness (QED) is 0.891. The van der Waals surface area contributed by atoms with Crippen LogP contribution in [0, 0.1) is 5.82 Å². The number of aromatic hydroxyl groups is 1. The standard InChI is InChI=1S/C17H18FNO/c1-12(15-9-8-14(18)11-17(15)20)19-10-4-6-13-5-2-3-7-16(13)19/h2-3,5,7-9,11-12,20H,4,6,10H2,1H3. The zero-order chi connectivity index (χ0) is 14.1. The second-order valence-corrected chi connectivity index (χ2v) is 5.30. The molecule has 1 atom stereocenters. The van der Waals surface area contributed by atoms with Gasteiger partial charge in [-0.3, -0.25) is 0 Å². The molecule has 1 heterocycles. The van der Waals surface area contributed by atoms with Crippen LogP contribution in [0.15, 0.2) is 42.5 Å². The van der Waals surface area contributed by atoms with Gasteiger partial charge in [-0.15, -0.1) is 0 Å². The van der Waals surface area contributed by atoms with Gasteiger partial charge in [-0.2, -0.15) is 0 Å². The fourth-order valence-corrected chi connectivity index (χ4v) is 3.00. The summed E-state index contributed by atoms with van der Waals surface area (Å²) in [5.41, 5.74) is 3.32. The van der Waals surface area contributed by atoms with Gasteiger partial charge in [0, 0.05) is 23.9 Å². The van der Waals surface area contributed by atoms with Gasteiger partial charge in [0.25, 0.3) is 0 Å². The van der Waals surface area contributed by atoms with Gasteiger partial charge in [0.05, 0.1) is 6.04 Å². The van der Waals surface area contributed by atoms with E-state index in [2.05, 4.69) is 30.0 Å². The van der Waals surface area contributed by atoms with Crippen LogP contribution in [0.5, 0.6) is 5.75 Å². The first kappa shape index (κ1) is 13.0. The number of para-hydroxylation sites is 1. The number of hydrogen-bond acceptors (Lipinski definition) is 2. The van der Waals surface area contributed by atoms with Crippen molar-refractivity contribution in [1.82, 2.24) is 0 Å². The highest BCUT2D eigenvalue weighted by molar-refractivity contribution is 5.57.